The summed E-state index contributed by atoms with van der Waals surface area (Å²) in [7, 11) is 0. The maximum Gasteiger partial charge on any atom is 0.316 e. The first-order chi connectivity index (χ1) is 10.8. The van der Waals surface area contributed by atoms with Gasteiger partial charge in [0.15, 0.2) is 0 Å². The van der Waals surface area contributed by atoms with E-state index in [1.165, 1.54) is 0 Å². The van der Waals surface area contributed by atoms with Crippen molar-refractivity contribution in [3.63, 3.8) is 0 Å². The number of benzene rings is 2. The fourth-order valence-corrected chi connectivity index (χ4v) is 1.93. The molecule has 2 aromatic rings. The molecule has 0 heterocycles. The van der Waals surface area contributed by atoms with Gasteiger partial charge >= 0.3 is 5.97 Å². The third-order valence-corrected chi connectivity index (χ3v) is 3.38. The van der Waals surface area contributed by atoms with Crippen molar-refractivity contribution in [1.82, 2.24) is 0 Å². The smallest absolute Gasteiger partial charge is 0.316 e. The molecule has 2 aromatic carbocycles. The second-order valence-corrected chi connectivity index (χ2v) is 6.51. The number of carbonyl (C=O) groups is 2. The number of anilines is 1. The summed E-state index contributed by atoms with van der Waals surface area (Å²) in [6, 6.07) is 13.4. The summed E-state index contributed by atoms with van der Waals surface area (Å²) >= 11 is 5.99. The third kappa shape index (κ3) is 4.57. The normalized spacial score (nSPS) is 11.0. The minimum Gasteiger partial charge on any atom is -0.426 e. The van der Waals surface area contributed by atoms with Crippen LogP contribution in [0.1, 0.15) is 31.1 Å². The number of hydrogen-bond donors (Lipinski definition) is 1. The maximum atomic E-state index is 12.1. The van der Waals surface area contributed by atoms with Crippen LogP contribution in [0.4, 0.5) is 5.69 Å². The lowest BCUT2D eigenvalue weighted by molar-refractivity contribution is -0.142. The van der Waals surface area contributed by atoms with Crippen LogP contribution >= 0.6 is 11.6 Å². The molecular formula is C18H18ClNO3. The predicted molar refractivity (Wildman–Crippen MR) is 90.9 cm³/mol. The average Bonchev–Trinajstić information content (AvgIpc) is 2.48. The van der Waals surface area contributed by atoms with Crippen LogP contribution < -0.4 is 10.1 Å². The lowest BCUT2D eigenvalue weighted by Gasteiger charge is -2.16. The Kier molecular flexibility index (Phi) is 5.06. The zero-order valence-electron chi connectivity index (χ0n) is 13.2. The number of rotatable bonds is 3. The fourth-order valence-electron chi connectivity index (χ4n) is 1.71. The molecule has 1 amide bonds. The van der Waals surface area contributed by atoms with E-state index in [0.29, 0.717) is 22.0 Å². The second-order valence-electron chi connectivity index (χ2n) is 6.10. The van der Waals surface area contributed by atoms with Crippen LogP contribution in [0.15, 0.2) is 48.5 Å². The van der Waals surface area contributed by atoms with Gasteiger partial charge in [-0.2, -0.15) is 0 Å². The zero-order valence-corrected chi connectivity index (χ0v) is 14.0. The largest absolute Gasteiger partial charge is 0.426 e. The van der Waals surface area contributed by atoms with Gasteiger partial charge in [-0.3, -0.25) is 9.59 Å². The van der Waals surface area contributed by atoms with Gasteiger partial charge in [-0.15, -0.1) is 0 Å². The van der Waals surface area contributed by atoms with Crippen molar-refractivity contribution >= 4 is 29.2 Å². The first-order valence-electron chi connectivity index (χ1n) is 7.15. The minimum absolute atomic E-state index is 0.296. The van der Waals surface area contributed by atoms with E-state index < -0.39 is 5.41 Å². The number of amides is 1. The van der Waals surface area contributed by atoms with Crippen molar-refractivity contribution in [3.05, 3.63) is 59.1 Å². The maximum absolute atomic E-state index is 12.1. The fraction of sp³-hybridized carbons (Fsp3) is 0.222. The van der Waals surface area contributed by atoms with Crippen LogP contribution in [0.5, 0.6) is 5.75 Å². The summed E-state index contributed by atoms with van der Waals surface area (Å²) < 4.78 is 5.27. The summed E-state index contributed by atoms with van der Waals surface area (Å²) in [5, 5.41) is 3.14. The molecule has 120 valence electrons. The Bertz CT molecular complexity index is 718. The Labute approximate surface area is 140 Å². The Morgan fingerprint density at radius 3 is 2.17 bits per heavy atom. The van der Waals surface area contributed by atoms with Gasteiger partial charge in [0.2, 0.25) is 0 Å². The third-order valence-electron chi connectivity index (χ3n) is 3.05. The molecule has 23 heavy (non-hydrogen) atoms. The van der Waals surface area contributed by atoms with Gasteiger partial charge in [0.25, 0.3) is 5.91 Å². The topological polar surface area (TPSA) is 55.4 Å². The molecule has 1 N–H and O–H groups in total. The van der Waals surface area contributed by atoms with Gasteiger partial charge in [0.1, 0.15) is 5.75 Å². The highest BCUT2D eigenvalue weighted by Gasteiger charge is 2.23. The quantitative estimate of drug-likeness (QED) is 0.663. The van der Waals surface area contributed by atoms with E-state index >= 15 is 0 Å². The van der Waals surface area contributed by atoms with Crippen molar-refractivity contribution in [1.29, 1.82) is 0 Å². The molecule has 0 fully saturated rings. The summed E-state index contributed by atoms with van der Waals surface area (Å²) in [5.41, 5.74) is 0.416. The van der Waals surface area contributed by atoms with Crippen molar-refractivity contribution in [3.8, 4) is 5.75 Å². The van der Waals surface area contributed by atoms with E-state index in [1.807, 2.05) is 0 Å². The highest BCUT2D eigenvalue weighted by atomic mass is 35.5. The molecule has 0 atom stereocenters. The molecule has 5 heteroatoms. The molecule has 0 unspecified atom stereocenters. The Hall–Kier alpha value is -2.33. The first-order valence-corrected chi connectivity index (χ1v) is 7.53. The van der Waals surface area contributed by atoms with Gasteiger partial charge in [-0.1, -0.05) is 23.7 Å². The standard InChI is InChI=1S/C18H18ClNO3/c1-18(2,3)17(22)23-13-10-8-12(9-11-13)20-16(21)14-6-4-5-7-15(14)19/h4-11H,1-3H3,(H,20,21). The monoisotopic (exact) mass is 331 g/mol. The van der Waals surface area contributed by atoms with E-state index in [0.717, 1.165) is 0 Å². The van der Waals surface area contributed by atoms with E-state index in [1.54, 1.807) is 69.3 Å². The molecule has 0 spiro atoms. The van der Waals surface area contributed by atoms with Gasteiger partial charge in [-0.25, -0.2) is 0 Å². The number of hydrogen-bond acceptors (Lipinski definition) is 3. The lowest BCUT2D eigenvalue weighted by atomic mass is 9.97. The molecule has 4 nitrogen and oxygen atoms in total. The second kappa shape index (κ2) is 6.84. The van der Waals surface area contributed by atoms with Crippen molar-refractivity contribution in [2.24, 2.45) is 5.41 Å². The van der Waals surface area contributed by atoms with Crippen LogP contribution in [0.25, 0.3) is 0 Å². The number of halogens is 1. The molecular weight excluding hydrogens is 314 g/mol. The van der Waals surface area contributed by atoms with E-state index in [9.17, 15) is 9.59 Å². The number of nitrogens with one attached hydrogen (secondary N) is 1. The summed E-state index contributed by atoms with van der Waals surface area (Å²) in [6.07, 6.45) is 0. The molecule has 0 saturated heterocycles. The van der Waals surface area contributed by atoms with E-state index in [-0.39, 0.29) is 11.9 Å². The van der Waals surface area contributed by atoms with Gasteiger partial charge in [0.05, 0.1) is 16.0 Å². The zero-order chi connectivity index (χ0) is 17.0. The summed E-state index contributed by atoms with van der Waals surface area (Å²) in [4.78, 5) is 24.0. The van der Waals surface area contributed by atoms with Gasteiger partial charge in [0, 0.05) is 5.69 Å². The van der Waals surface area contributed by atoms with Gasteiger partial charge in [-0.05, 0) is 57.2 Å². The lowest BCUT2D eigenvalue weighted by Crippen LogP contribution is -2.25. The molecule has 0 aliphatic heterocycles. The summed E-state index contributed by atoms with van der Waals surface area (Å²) in [5.74, 6) is -0.180. The Balaban J connectivity index is 2.05. The molecule has 0 bridgehead atoms. The molecule has 0 radical (unpaired) electrons. The number of esters is 1. The Morgan fingerprint density at radius 2 is 1.61 bits per heavy atom. The van der Waals surface area contributed by atoms with Crippen molar-refractivity contribution < 1.29 is 14.3 Å². The molecule has 2 rings (SSSR count). The molecule has 0 aromatic heterocycles. The first kappa shape index (κ1) is 17.0. The van der Waals surface area contributed by atoms with Crippen molar-refractivity contribution in [2.75, 3.05) is 5.32 Å². The Morgan fingerprint density at radius 1 is 1.00 bits per heavy atom. The number of ether oxygens (including phenoxy) is 1. The van der Waals surface area contributed by atoms with Crippen LogP contribution in [-0.4, -0.2) is 11.9 Å². The minimum atomic E-state index is -0.572. The van der Waals surface area contributed by atoms with Crippen LogP contribution in [0.2, 0.25) is 5.02 Å². The average molecular weight is 332 g/mol. The highest BCUT2D eigenvalue weighted by Crippen LogP contribution is 2.22. The predicted octanol–water partition coefficient (Wildman–Crippen LogP) is 4.54. The molecule has 0 aliphatic carbocycles. The van der Waals surface area contributed by atoms with E-state index in [4.69, 9.17) is 16.3 Å². The van der Waals surface area contributed by atoms with Crippen LogP contribution in [0.3, 0.4) is 0 Å². The molecule has 0 saturated carbocycles. The van der Waals surface area contributed by atoms with Gasteiger partial charge < -0.3 is 10.1 Å². The number of carbonyl (C=O) groups excluding carboxylic acids is 2. The SMILES string of the molecule is CC(C)(C)C(=O)Oc1ccc(NC(=O)c2ccccc2Cl)cc1. The van der Waals surface area contributed by atoms with Crippen LogP contribution in [-0.2, 0) is 4.79 Å². The highest BCUT2D eigenvalue weighted by molar-refractivity contribution is 6.34. The summed E-state index contributed by atoms with van der Waals surface area (Å²) in [6.45, 7) is 5.36. The van der Waals surface area contributed by atoms with Crippen molar-refractivity contribution in [2.45, 2.75) is 20.8 Å². The molecule has 0 aliphatic rings. The van der Waals surface area contributed by atoms with Crippen LogP contribution in [0, 0.1) is 5.41 Å². The van der Waals surface area contributed by atoms with E-state index in [2.05, 4.69) is 5.32 Å².